The maximum atomic E-state index is 12.2. The number of methoxy groups -OCH3 is 1. The van der Waals surface area contributed by atoms with Crippen molar-refractivity contribution in [1.82, 2.24) is 4.98 Å². The summed E-state index contributed by atoms with van der Waals surface area (Å²) in [5, 5.41) is 0. The van der Waals surface area contributed by atoms with E-state index in [0.29, 0.717) is 0 Å². The number of hydrogen-bond acceptors (Lipinski definition) is 4. The first kappa shape index (κ1) is 13.2. The molecule has 6 nitrogen and oxygen atoms in total. The monoisotopic (exact) mass is 280 g/mol. The molecular formula is C12H12N2O4S. The highest BCUT2D eigenvalue weighted by molar-refractivity contribution is 7.92. The van der Waals surface area contributed by atoms with Crippen LogP contribution in [0.4, 0.5) is 5.69 Å². The minimum Gasteiger partial charge on any atom is -0.495 e. The van der Waals surface area contributed by atoms with Crippen molar-refractivity contribution >= 4 is 15.7 Å². The van der Waals surface area contributed by atoms with Crippen LogP contribution >= 0.6 is 0 Å². The van der Waals surface area contributed by atoms with Crippen LogP contribution in [0.15, 0.2) is 52.3 Å². The third kappa shape index (κ3) is 2.76. The van der Waals surface area contributed by atoms with Gasteiger partial charge in [0.1, 0.15) is 16.3 Å². The zero-order chi connectivity index (χ0) is 13.9. The van der Waals surface area contributed by atoms with Crippen molar-refractivity contribution in [2.75, 3.05) is 11.8 Å². The van der Waals surface area contributed by atoms with Crippen LogP contribution in [0.1, 0.15) is 0 Å². The van der Waals surface area contributed by atoms with E-state index in [9.17, 15) is 13.2 Å². The van der Waals surface area contributed by atoms with Gasteiger partial charge in [0, 0.05) is 6.20 Å². The Kier molecular flexibility index (Phi) is 3.57. The van der Waals surface area contributed by atoms with Crippen LogP contribution < -0.4 is 15.0 Å². The number of nitrogens with one attached hydrogen (secondary N) is 2. The number of anilines is 1. The molecule has 0 aliphatic carbocycles. The van der Waals surface area contributed by atoms with Gasteiger partial charge >= 0.3 is 0 Å². The predicted molar refractivity (Wildman–Crippen MR) is 70.9 cm³/mol. The molecule has 0 aliphatic heterocycles. The molecular weight excluding hydrogens is 268 g/mol. The molecule has 19 heavy (non-hydrogen) atoms. The van der Waals surface area contributed by atoms with Gasteiger partial charge in [0.2, 0.25) is 0 Å². The highest BCUT2D eigenvalue weighted by Crippen LogP contribution is 2.24. The van der Waals surface area contributed by atoms with Crippen molar-refractivity contribution in [3.63, 3.8) is 0 Å². The van der Waals surface area contributed by atoms with Gasteiger partial charge in [-0.2, -0.15) is 0 Å². The summed E-state index contributed by atoms with van der Waals surface area (Å²) >= 11 is 0. The molecule has 0 spiro atoms. The molecule has 0 radical (unpaired) electrons. The quantitative estimate of drug-likeness (QED) is 0.880. The maximum absolute atomic E-state index is 12.2. The van der Waals surface area contributed by atoms with Gasteiger partial charge in [0.05, 0.1) is 7.11 Å². The predicted octanol–water partition coefficient (Wildman–Crippen LogP) is 1.18. The molecule has 1 aromatic heterocycles. The lowest BCUT2D eigenvalue weighted by atomic mass is 10.3. The molecule has 2 aromatic rings. The first-order valence-electron chi connectivity index (χ1n) is 5.38. The Balaban J connectivity index is 2.44. The zero-order valence-electron chi connectivity index (χ0n) is 10.1. The fraction of sp³-hybridized carbons (Fsp3) is 0.0833. The van der Waals surface area contributed by atoms with Crippen LogP contribution in [0.25, 0.3) is 0 Å². The second-order valence-electron chi connectivity index (χ2n) is 3.67. The van der Waals surface area contributed by atoms with Crippen LogP contribution in [-0.2, 0) is 10.0 Å². The van der Waals surface area contributed by atoms with Gasteiger partial charge in [-0.15, -0.1) is 0 Å². The number of H-pyrrole nitrogens is 1. The lowest BCUT2D eigenvalue weighted by molar-refractivity contribution is 0.403. The molecule has 0 bridgehead atoms. The van der Waals surface area contributed by atoms with Crippen molar-refractivity contribution in [2.45, 2.75) is 4.90 Å². The van der Waals surface area contributed by atoms with E-state index in [1.807, 2.05) is 0 Å². The van der Waals surface area contributed by atoms with Crippen LogP contribution in [-0.4, -0.2) is 20.5 Å². The van der Waals surface area contributed by atoms with E-state index in [-0.39, 0.29) is 16.3 Å². The van der Waals surface area contributed by atoms with Gasteiger partial charge in [0.25, 0.3) is 15.6 Å². The third-order valence-electron chi connectivity index (χ3n) is 2.42. The van der Waals surface area contributed by atoms with Crippen LogP contribution in [0.3, 0.4) is 0 Å². The fourth-order valence-electron chi connectivity index (χ4n) is 1.54. The molecule has 0 amide bonds. The summed E-state index contributed by atoms with van der Waals surface area (Å²) in [6.07, 6.45) is 1.42. The maximum Gasteiger partial charge on any atom is 0.272 e. The molecule has 2 N–H and O–H groups in total. The fourth-order valence-corrected chi connectivity index (χ4v) is 2.78. The molecule has 0 saturated carbocycles. The third-order valence-corrected chi connectivity index (χ3v) is 3.83. The number of aromatic amines is 1. The summed E-state index contributed by atoms with van der Waals surface area (Å²) in [4.78, 5) is 13.8. The van der Waals surface area contributed by atoms with Crippen LogP contribution in [0, 0.1) is 0 Å². The van der Waals surface area contributed by atoms with Crippen molar-refractivity contribution in [2.24, 2.45) is 0 Å². The number of para-hydroxylation sites is 1. The minimum absolute atomic E-state index is 0.0271. The Bertz CT molecular complexity index is 737. The molecule has 1 heterocycles. The van der Waals surface area contributed by atoms with E-state index < -0.39 is 15.6 Å². The van der Waals surface area contributed by atoms with E-state index in [0.717, 1.165) is 0 Å². The molecule has 1 aromatic carbocycles. The van der Waals surface area contributed by atoms with E-state index in [1.165, 1.54) is 37.6 Å². The van der Waals surface area contributed by atoms with Gasteiger partial charge in [-0.25, -0.2) is 8.42 Å². The summed E-state index contributed by atoms with van der Waals surface area (Å²) < 4.78 is 31.6. The van der Waals surface area contributed by atoms with Gasteiger partial charge < -0.3 is 9.72 Å². The summed E-state index contributed by atoms with van der Waals surface area (Å²) in [6, 6.07) is 9.08. The lowest BCUT2D eigenvalue weighted by Crippen LogP contribution is -2.20. The number of rotatable bonds is 4. The molecule has 100 valence electrons. The Morgan fingerprint density at radius 2 is 1.89 bits per heavy atom. The molecule has 7 heteroatoms. The molecule has 0 saturated heterocycles. The topological polar surface area (TPSA) is 88.3 Å². The van der Waals surface area contributed by atoms with Crippen molar-refractivity contribution in [1.29, 1.82) is 0 Å². The Morgan fingerprint density at radius 3 is 2.58 bits per heavy atom. The standard InChI is InChI=1S/C12H12N2O4S/c1-18-10-6-2-3-7-11(10)19(16,17)14-9-5-4-8-13-12(9)15/h2-8,14H,1H3,(H,13,15). The number of benzene rings is 1. The lowest BCUT2D eigenvalue weighted by Gasteiger charge is -2.10. The highest BCUT2D eigenvalue weighted by Gasteiger charge is 2.19. The normalized spacial score (nSPS) is 11.0. The smallest absolute Gasteiger partial charge is 0.272 e. The molecule has 0 aliphatic rings. The number of sulfonamides is 1. The summed E-state index contributed by atoms with van der Waals surface area (Å²) in [5.74, 6) is 0.211. The van der Waals surface area contributed by atoms with Crippen LogP contribution in [0.5, 0.6) is 5.75 Å². The second kappa shape index (κ2) is 5.15. The Hall–Kier alpha value is -2.28. The first-order valence-corrected chi connectivity index (χ1v) is 6.86. The average molecular weight is 280 g/mol. The van der Waals surface area contributed by atoms with Gasteiger partial charge in [-0.05, 0) is 24.3 Å². The summed E-state index contributed by atoms with van der Waals surface area (Å²) in [7, 11) is -2.49. The molecule has 0 unspecified atom stereocenters. The highest BCUT2D eigenvalue weighted by atomic mass is 32.2. The van der Waals surface area contributed by atoms with E-state index in [1.54, 1.807) is 12.1 Å². The number of aromatic nitrogens is 1. The van der Waals surface area contributed by atoms with Gasteiger partial charge in [0.15, 0.2) is 0 Å². The molecule has 0 atom stereocenters. The SMILES string of the molecule is COc1ccccc1S(=O)(=O)Nc1ccc[nH]c1=O. The first-order chi connectivity index (χ1) is 9.04. The number of hydrogen-bond donors (Lipinski definition) is 2. The van der Waals surface area contributed by atoms with Crippen LogP contribution in [0.2, 0.25) is 0 Å². The van der Waals surface area contributed by atoms with Gasteiger partial charge in [-0.1, -0.05) is 12.1 Å². The summed E-state index contributed by atoms with van der Waals surface area (Å²) in [6.45, 7) is 0. The van der Waals surface area contributed by atoms with Crippen molar-refractivity contribution in [3.8, 4) is 5.75 Å². The van der Waals surface area contributed by atoms with E-state index in [4.69, 9.17) is 4.74 Å². The second-order valence-corrected chi connectivity index (χ2v) is 5.32. The average Bonchev–Trinajstić information content (AvgIpc) is 2.41. The number of pyridine rings is 1. The minimum atomic E-state index is -3.87. The van der Waals surface area contributed by atoms with Crippen molar-refractivity contribution < 1.29 is 13.2 Å². The Morgan fingerprint density at radius 1 is 1.16 bits per heavy atom. The van der Waals surface area contributed by atoms with Gasteiger partial charge in [-0.3, -0.25) is 9.52 Å². The Labute approximate surface area is 110 Å². The summed E-state index contributed by atoms with van der Waals surface area (Å²) in [5.41, 5.74) is -0.561. The zero-order valence-corrected chi connectivity index (χ0v) is 10.9. The largest absolute Gasteiger partial charge is 0.495 e. The van der Waals surface area contributed by atoms with E-state index in [2.05, 4.69) is 9.71 Å². The van der Waals surface area contributed by atoms with Crippen molar-refractivity contribution in [3.05, 3.63) is 52.9 Å². The molecule has 0 fully saturated rings. The number of ether oxygens (including phenoxy) is 1. The van der Waals surface area contributed by atoms with E-state index >= 15 is 0 Å². The molecule has 2 rings (SSSR count).